The van der Waals surface area contributed by atoms with Crippen molar-refractivity contribution >= 4 is 34.4 Å². The number of rotatable bonds is 8. The number of carbonyl (C=O) groups is 2. The number of methoxy groups -OCH3 is 1. The van der Waals surface area contributed by atoms with E-state index in [2.05, 4.69) is 5.32 Å². The van der Waals surface area contributed by atoms with Crippen LogP contribution in [0.15, 0.2) is 45.6 Å². The molecule has 1 amide bonds. The van der Waals surface area contributed by atoms with Crippen LogP contribution >= 0.6 is 11.6 Å². The molecule has 0 spiro atoms. The molecule has 0 bridgehead atoms. The van der Waals surface area contributed by atoms with Crippen LogP contribution in [-0.4, -0.2) is 30.1 Å². The molecule has 168 valence electrons. The van der Waals surface area contributed by atoms with Gasteiger partial charge in [-0.25, -0.2) is 9.59 Å². The zero-order chi connectivity index (χ0) is 23.4. The lowest BCUT2D eigenvalue weighted by atomic mass is 10.00. The molecular weight excluding hydrogens is 434 g/mol. The van der Waals surface area contributed by atoms with Gasteiger partial charge in [0.25, 0.3) is 0 Å². The van der Waals surface area contributed by atoms with Gasteiger partial charge < -0.3 is 19.6 Å². The second-order valence-electron chi connectivity index (χ2n) is 7.55. The van der Waals surface area contributed by atoms with Crippen LogP contribution in [0.25, 0.3) is 11.0 Å². The van der Waals surface area contributed by atoms with Gasteiger partial charge in [0, 0.05) is 34.4 Å². The van der Waals surface area contributed by atoms with Crippen LogP contribution in [0.5, 0.6) is 5.75 Å². The van der Waals surface area contributed by atoms with Gasteiger partial charge in [0.1, 0.15) is 17.4 Å². The number of amides is 1. The van der Waals surface area contributed by atoms with Gasteiger partial charge in [-0.2, -0.15) is 0 Å². The van der Waals surface area contributed by atoms with E-state index in [1.807, 2.05) is 13.0 Å². The first kappa shape index (κ1) is 23.3. The largest absolute Gasteiger partial charge is 0.496 e. The molecule has 1 atom stereocenters. The van der Waals surface area contributed by atoms with Gasteiger partial charge >= 0.3 is 11.6 Å². The number of hydrogen-bond donors (Lipinski definition) is 2. The number of carboxylic acid groups (broad SMARTS) is 1. The predicted molar refractivity (Wildman–Crippen MR) is 122 cm³/mol. The maximum Gasteiger partial charge on any atom is 0.339 e. The third kappa shape index (κ3) is 5.11. The molecule has 0 aliphatic carbocycles. The molecule has 2 N–H and O–H groups in total. The third-order valence-corrected chi connectivity index (χ3v) is 5.71. The van der Waals surface area contributed by atoms with Crippen molar-refractivity contribution in [2.24, 2.45) is 0 Å². The van der Waals surface area contributed by atoms with Crippen LogP contribution in [0.2, 0.25) is 5.02 Å². The first-order chi connectivity index (χ1) is 15.2. The fourth-order valence-electron chi connectivity index (χ4n) is 3.64. The van der Waals surface area contributed by atoms with Crippen molar-refractivity contribution in [3.63, 3.8) is 0 Å². The average molecular weight is 458 g/mol. The molecule has 7 nitrogen and oxygen atoms in total. The van der Waals surface area contributed by atoms with Gasteiger partial charge in [0.2, 0.25) is 5.91 Å². The number of ether oxygens (including phenoxy) is 1. The molecule has 1 aromatic heterocycles. The summed E-state index contributed by atoms with van der Waals surface area (Å²) in [6.45, 7) is 3.61. The molecule has 0 saturated heterocycles. The quantitative estimate of drug-likeness (QED) is 0.498. The van der Waals surface area contributed by atoms with Crippen molar-refractivity contribution in [2.75, 3.05) is 7.11 Å². The molecule has 3 rings (SSSR count). The summed E-state index contributed by atoms with van der Waals surface area (Å²) in [4.78, 5) is 36.6. The predicted octanol–water partition coefficient (Wildman–Crippen LogP) is 3.82. The Bertz CT molecular complexity index is 1220. The highest BCUT2D eigenvalue weighted by Crippen LogP contribution is 2.29. The van der Waals surface area contributed by atoms with Crippen LogP contribution in [-0.2, 0) is 22.4 Å². The zero-order valence-corrected chi connectivity index (χ0v) is 18.8. The highest BCUT2D eigenvalue weighted by molar-refractivity contribution is 6.30. The summed E-state index contributed by atoms with van der Waals surface area (Å²) in [6.07, 6.45) is 0.210. The molecular formula is C24H24ClNO6. The number of benzene rings is 2. The van der Waals surface area contributed by atoms with Crippen molar-refractivity contribution in [1.29, 1.82) is 0 Å². The van der Waals surface area contributed by atoms with E-state index in [0.29, 0.717) is 21.9 Å². The SMILES string of the molecule is COc1ccc2c(C)c(CCC(=O)N[C@H](Cc3ccc(Cl)cc3)C(=O)O)c(=O)oc2c1C. The summed E-state index contributed by atoms with van der Waals surface area (Å²) in [5.41, 5.74) is 2.51. The van der Waals surface area contributed by atoms with Gasteiger partial charge in [-0.15, -0.1) is 0 Å². The van der Waals surface area contributed by atoms with Gasteiger partial charge in [0.05, 0.1) is 7.11 Å². The van der Waals surface area contributed by atoms with E-state index < -0.39 is 23.5 Å². The topological polar surface area (TPSA) is 106 Å². The lowest BCUT2D eigenvalue weighted by molar-refractivity contribution is -0.141. The van der Waals surface area contributed by atoms with E-state index >= 15 is 0 Å². The summed E-state index contributed by atoms with van der Waals surface area (Å²) in [5, 5.41) is 13.3. The normalized spacial score (nSPS) is 11.9. The van der Waals surface area contributed by atoms with E-state index in [1.54, 1.807) is 44.4 Å². The smallest absolute Gasteiger partial charge is 0.339 e. The number of halogens is 1. The monoisotopic (exact) mass is 457 g/mol. The molecule has 2 aromatic carbocycles. The highest BCUT2D eigenvalue weighted by atomic mass is 35.5. The molecule has 1 heterocycles. The minimum atomic E-state index is -1.14. The highest BCUT2D eigenvalue weighted by Gasteiger charge is 2.21. The molecule has 32 heavy (non-hydrogen) atoms. The Labute approximate surface area is 190 Å². The lowest BCUT2D eigenvalue weighted by Gasteiger charge is -2.15. The minimum absolute atomic E-state index is 0.0450. The Morgan fingerprint density at radius 1 is 1.12 bits per heavy atom. The number of aliphatic carboxylic acids is 1. The molecule has 0 aliphatic heterocycles. The van der Waals surface area contributed by atoms with E-state index in [1.165, 1.54) is 0 Å². The van der Waals surface area contributed by atoms with Gasteiger partial charge in [-0.3, -0.25) is 4.79 Å². The molecule has 3 aromatic rings. The fraction of sp³-hybridized carbons (Fsp3) is 0.292. The molecule has 0 radical (unpaired) electrons. The van der Waals surface area contributed by atoms with Crippen molar-refractivity contribution in [1.82, 2.24) is 5.32 Å². The number of aryl methyl sites for hydroxylation is 2. The maximum atomic E-state index is 12.6. The molecule has 0 fully saturated rings. The second kappa shape index (κ2) is 9.87. The van der Waals surface area contributed by atoms with E-state index in [0.717, 1.165) is 22.1 Å². The van der Waals surface area contributed by atoms with Crippen molar-refractivity contribution in [3.05, 3.63) is 74.1 Å². The Balaban J connectivity index is 1.73. The standard InChI is InChI=1S/C24H24ClNO6/c1-13-17-8-10-20(31-3)14(2)22(17)32-24(30)18(13)9-11-21(27)26-19(23(28)29)12-15-4-6-16(25)7-5-15/h4-8,10,19H,9,11-12H2,1-3H3,(H,26,27)(H,28,29)/t19-/m1/s1. The van der Waals surface area contributed by atoms with E-state index in [9.17, 15) is 19.5 Å². The Morgan fingerprint density at radius 2 is 1.81 bits per heavy atom. The van der Waals surface area contributed by atoms with Crippen LogP contribution < -0.4 is 15.7 Å². The van der Waals surface area contributed by atoms with E-state index in [-0.39, 0.29) is 19.3 Å². The fourth-order valence-corrected chi connectivity index (χ4v) is 3.77. The Kier molecular flexibility index (Phi) is 7.20. The summed E-state index contributed by atoms with van der Waals surface area (Å²) in [7, 11) is 1.55. The molecule has 8 heteroatoms. The minimum Gasteiger partial charge on any atom is -0.496 e. The molecule has 0 unspecified atom stereocenters. The Morgan fingerprint density at radius 3 is 2.44 bits per heavy atom. The number of hydrogen-bond acceptors (Lipinski definition) is 5. The average Bonchev–Trinajstić information content (AvgIpc) is 2.75. The third-order valence-electron chi connectivity index (χ3n) is 5.46. The first-order valence-electron chi connectivity index (χ1n) is 10.1. The lowest BCUT2D eigenvalue weighted by Crippen LogP contribution is -2.42. The van der Waals surface area contributed by atoms with Crippen molar-refractivity contribution in [2.45, 2.75) is 39.2 Å². The number of carboxylic acids is 1. The molecule has 0 saturated carbocycles. The van der Waals surface area contributed by atoms with Gasteiger partial charge in [-0.05, 0) is 55.7 Å². The van der Waals surface area contributed by atoms with Crippen molar-refractivity contribution in [3.8, 4) is 5.75 Å². The summed E-state index contributed by atoms with van der Waals surface area (Å²) in [6, 6.07) is 9.28. The Hall–Kier alpha value is -3.32. The van der Waals surface area contributed by atoms with E-state index in [4.69, 9.17) is 20.8 Å². The number of carbonyl (C=O) groups excluding carboxylic acids is 1. The van der Waals surface area contributed by atoms with Crippen LogP contribution in [0, 0.1) is 13.8 Å². The maximum absolute atomic E-state index is 12.6. The van der Waals surface area contributed by atoms with Crippen LogP contribution in [0.4, 0.5) is 0 Å². The first-order valence-corrected chi connectivity index (χ1v) is 10.5. The summed E-state index contributed by atoms with van der Waals surface area (Å²) >= 11 is 5.85. The second-order valence-corrected chi connectivity index (χ2v) is 7.99. The summed E-state index contributed by atoms with van der Waals surface area (Å²) in [5.74, 6) is -0.983. The van der Waals surface area contributed by atoms with Crippen LogP contribution in [0.1, 0.15) is 28.7 Å². The van der Waals surface area contributed by atoms with Crippen molar-refractivity contribution < 1.29 is 23.8 Å². The number of fused-ring (bicyclic) bond motifs is 1. The summed E-state index contributed by atoms with van der Waals surface area (Å²) < 4.78 is 10.8. The zero-order valence-electron chi connectivity index (χ0n) is 18.0. The van der Waals surface area contributed by atoms with Gasteiger partial charge in [0.15, 0.2) is 0 Å². The van der Waals surface area contributed by atoms with Crippen LogP contribution in [0.3, 0.4) is 0 Å². The number of nitrogens with one attached hydrogen (secondary N) is 1. The molecule has 0 aliphatic rings. The van der Waals surface area contributed by atoms with Gasteiger partial charge in [-0.1, -0.05) is 23.7 Å².